The molecule has 0 heterocycles. The fraction of sp³-hybridized carbons (Fsp3) is 0.800. The molecule has 0 N–H and O–H groups in total. The van der Waals surface area contributed by atoms with Gasteiger partial charge in [-0.3, -0.25) is 4.79 Å². The lowest BCUT2D eigenvalue weighted by Crippen LogP contribution is -1.80. The van der Waals surface area contributed by atoms with E-state index in [2.05, 4.69) is 30.1 Å². The second kappa shape index (κ2) is 3.65. The molecule has 54 valence electrons. The maximum Gasteiger partial charge on any atom is 0.313 e. The van der Waals surface area contributed by atoms with Crippen LogP contribution in [0.5, 0.6) is 0 Å². The first kappa shape index (κ1) is 9.54. The summed E-state index contributed by atoms with van der Waals surface area (Å²) in [5.74, 6) is 0. The summed E-state index contributed by atoms with van der Waals surface area (Å²) in [6.07, 6.45) is 2.43. The number of rotatable bonds is 0. The molecule has 0 bridgehead atoms. The van der Waals surface area contributed by atoms with Gasteiger partial charge >= 0.3 is 4.70 Å². The van der Waals surface area contributed by atoms with Crippen molar-refractivity contribution in [2.24, 2.45) is 0 Å². The maximum absolute atomic E-state index is 8.98. The van der Waals surface area contributed by atoms with Gasteiger partial charge in [0.1, 0.15) is 0 Å². The van der Waals surface area contributed by atoms with E-state index in [1.54, 1.807) is 0 Å². The highest BCUT2D eigenvalue weighted by Crippen LogP contribution is 2.41. The average Bonchev–Trinajstić information content (AvgIpc) is 2.16. The lowest BCUT2D eigenvalue weighted by atomic mass is 10.5. The van der Waals surface area contributed by atoms with Crippen molar-refractivity contribution < 1.29 is 4.79 Å². The van der Waals surface area contributed by atoms with Crippen molar-refractivity contribution >= 4 is 39.5 Å². The minimum Gasteiger partial charge on any atom is -0.262 e. The summed E-state index contributed by atoms with van der Waals surface area (Å²) >= 11 is 14.4. The van der Waals surface area contributed by atoms with Gasteiger partial charge in [-0.25, -0.2) is 0 Å². The topological polar surface area (TPSA) is 17.1 Å². The maximum atomic E-state index is 8.98. The molecule has 0 amide bonds. The Morgan fingerprint density at radius 1 is 1.44 bits per heavy atom. The molecular weight excluding hydrogens is 182 g/mol. The smallest absolute Gasteiger partial charge is 0.262 e. The third-order valence-corrected chi connectivity index (χ3v) is 1.32. The molecule has 0 aliphatic heterocycles. The SMILES string of the molecule is CC1(Cl)CC1.O=C(Cl)Cl. The number of carbonyl (C=O) groups excluding carboxylic acids is 1. The number of carbonyl (C=O) groups is 1. The van der Waals surface area contributed by atoms with E-state index in [1.165, 1.54) is 12.8 Å². The van der Waals surface area contributed by atoms with Crippen LogP contribution in [-0.2, 0) is 0 Å². The molecule has 1 aliphatic rings. The van der Waals surface area contributed by atoms with Crippen LogP contribution in [-0.4, -0.2) is 9.58 Å². The molecule has 1 fully saturated rings. The van der Waals surface area contributed by atoms with Gasteiger partial charge in [0.05, 0.1) is 0 Å². The molecule has 0 aromatic rings. The lowest BCUT2D eigenvalue weighted by Gasteiger charge is -1.82. The first-order valence-electron chi connectivity index (χ1n) is 2.48. The Kier molecular flexibility index (Phi) is 3.86. The molecule has 0 aromatic carbocycles. The predicted octanol–water partition coefficient (Wildman–Crippen LogP) is 3.36. The van der Waals surface area contributed by atoms with Crippen LogP contribution >= 0.6 is 34.8 Å². The summed E-state index contributed by atoms with van der Waals surface area (Å²) in [4.78, 5) is 9.20. The van der Waals surface area contributed by atoms with Crippen molar-refractivity contribution in [2.75, 3.05) is 0 Å². The number of alkyl halides is 1. The molecule has 0 aromatic heterocycles. The summed E-state index contributed by atoms with van der Waals surface area (Å²) in [5, 5.41) is 0. The molecule has 0 saturated heterocycles. The standard InChI is InChI=1S/C4H7Cl.CCl2O/c1-4(5)2-3-4;2-1(3)4/h2-3H2,1H3;. The van der Waals surface area contributed by atoms with E-state index < -0.39 is 4.70 Å². The summed E-state index contributed by atoms with van der Waals surface area (Å²) in [5.41, 5.74) is 0. The highest BCUT2D eigenvalue weighted by molar-refractivity contribution is 6.93. The molecular formula is C5H7Cl3O. The Bertz CT molecular complexity index is 101. The van der Waals surface area contributed by atoms with Crippen LogP contribution in [0.25, 0.3) is 0 Å². The van der Waals surface area contributed by atoms with Gasteiger partial charge in [-0.15, -0.1) is 11.6 Å². The minimum absolute atomic E-state index is 0.222. The Balaban J connectivity index is 0.000000148. The van der Waals surface area contributed by atoms with E-state index in [4.69, 9.17) is 16.4 Å². The highest BCUT2D eigenvalue weighted by atomic mass is 35.5. The second-order valence-corrected chi connectivity index (χ2v) is 3.93. The van der Waals surface area contributed by atoms with Crippen molar-refractivity contribution in [2.45, 2.75) is 24.6 Å². The Labute approximate surface area is 69.3 Å². The third-order valence-electron chi connectivity index (χ3n) is 0.939. The van der Waals surface area contributed by atoms with E-state index in [1.807, 2.05) is 0 Å². The van der Waals surface area contributed by atoms with Gasteiger partial charge in [-0.1, -0.05) is 0 Å². The molecule has 0 radical (unpaired) electrons. The fourth-order valence-electron chi connectivity index (χ4n) is 0.172. The normalized spacial score (nSPS) is 19.6. The van der Waals surface area contributed by atoms with Crippen molar-refractivity contribution in [3.05, 3.63) is 0 Å². The summed E-state index contributed by atoms with van der Waals surface area (Å²) in [6.45, 7) is 2.06. The summed E-state index contributed by atoms with van der Waals surface area (Å²) in [7, 11) is 0. The Morgan fingerprint density at radius 3 is 1.56 bits per heavy atom. The molecule has 0 spiro atoms. The van der Waals surface area contributed by atoms with Crippen molar-refractivity contribution in [1.29, 1.82) is 0 Å². The van der Waals surface area contributed by atoms with Gasteiger partial charge in [-0.2, -0.15) is 0 Å². The molecule has 1 rings (SSSR count). The Morgan fingerprint density at radius 2 is 1.56 bits per heavy atom. The zero-order valence-electron chi connectivity index (χ0n) is 4.96. The molecule has 0 unspecified atom stereocenters. The molecule has 1 saturated carbocycles. The zero-order valence-corrected chi connectivity index (χ0v) is 7.22. The van der Waals surface area contributed by atoms with Gasteiger partial charge in [0.25, 0.3) is 0 Å². The van der Waals surface area contributed by atoms with Gasteiger partial charge in [0.2, 0.25) is 0 Å². The summed E-state index contributed by atoms with van der Waals surface area (Å²) in [6, 6.07) is 0. The van der Waals surface area contributed by atoms with E-state index >= 15 is 0 Å². The zero-order chi connectivity index (χ0) is 7.49. The van der Waals surface area contributed by atoms with Crippen LogP contribution in [0, 0.1) is 0 Å². The predicted molar refractivity (Wildman–Crippen MR) is 40.6 cm³/mol. The minimum atomic E-state index is -0.889. The first-order valence-corrected chi connectivity index (χ1v) is 3.61. The molecule has 1 nitrogen and oxygen atoms in total. The van der Waals surface area contributed by atoms with Gasteiger partial charge in [0.15, 0.2) is 0 Å². The number of hydrogen-bond donors (Lipinski definition) is 0. The molecule has 9 heavy (non-hydrogen) atoms. The van der Waals surface area contributed by atoms with Crippen molar-refractivity contribution in [3.63, 3.8) is 0 Å². The largest absolute Gasteiger partial charge is 0.313 e. The van der Waals surface area contributed by atoms with Crippen LogP contribution in [0.15, 0.2) is 0 Å². The van der Waals surface area contributed by atoms with Crippen molar-refractivity contribution in [1.82, 2.24) is 0 Å². The summed E-state index contributed by atoms with van der Waals surface area (Å²) < 4.78 is -0.889. The van der Waals surface area contributed by atoms with E-state index in [-0.39, 0.29) is 4.87 Å². The van der Waals surface area contributed by atoms with E-state index in [9.17, 15) is 0 Å². The third kappa shape index (κ3) is 11.9. The Hall–Kier alpha value is 0.540. The van der Waals surface area contributed by atoms with Crippen molar-refractivity contribution in [3.8, 4) is 0 Å². The van der Waals surface area contributed by atoms with Gasteiger partial charge in [0, 0.05) is 4.87 Å². The van der Waals surface area contributed by atoms with Crippen LogP contribution in [0.4, 0.5) is 4.79 Å². The fourth-order valence-corrected chi connectivity index (χ4v) is 0.267. The van der Waals surface area contributed by atoms with Crippen LogP contribution in [0.3, 0.4) is 0 Å². The highest BCUT2D eigenvalue weighted by Gasteiger charge is 2.33. The van der Waals surface area contributed by atoms with Crippen LogP contribution in [0.1, 0.15) is 19.8 Å². The van der Waals surface area contributed by atoms with E-state index in [0.29, 0.717) is 0 Å². The second-order valence-electron chi connectivity index (χ2n) is 2.14. The average molecular weight is 189 g/mol. The molecule has 0 atom stereocenters. The number of halogens is 3. The van der Waals surface area contributed by atoms with Gasteiger partial charge in [-0.05, 0) is 43.0 Å². The monoisotopic (exact) mass is 188 g/mol. The quantitative estimate of drug-likeness (QED) is 0.422. The lowest BCUT2D eigenvalue weighted by molar-refractivity contribution is 0.275. The van der Waals surface area contributed by atoms with Crippen LogP contribution in [0.2, 0.25) is 0 Å². The first-order chi connectivity index (χ1) is 3.94. The van der Waals surface area contributed by atoms with E-state index in [0.717, 1.165) is 0 Å². The molecule has 1 aliphatic carbocycles. The van der Waals surface area contributed by atoms with Crippen LogP contribution < -0.4 is 0 Å². The van der Waals surface area contributed by atoms with Gasteiger partial charge < -0.3 is 0 Å². The number of hydrogen-bond acceptors (Lipinski definition) is 1. The molecule has 4 heteroatoms.